The summed E-state index contributed by atoms with van der Waals surface area (Å²) in [7, 11) is 0. The number of likely N-dealkylation sites (tertiary alicyclic amines) is 1. The molecule has 1 aliphatic rings. The van der Waals surface area contributed by atoms with E-state index in [0.29, 0.717) is 45.4 Å². The quantitative estimate of drug-likeness (QED) is 0.0806. The van der Waals surface area contributed by atoms with Crippen molar-refractivity contribution in [1.29, 1.82) is 5.26 Å². The summed E-state index contributed by atoms with van der Waals surface area (Å²) < 4.78 is 18.8. The van der Waals surface area contributed by atoms with Gasteiger partial charge in [-0.15, -0.1) is 0 Å². The lowest BCUT2D eigenvalue weighted by Crippen LogP contribution is -2.28. The maximum absolute atomic E-state index is 12.2. The highest BCUT2D eigenvalue weighted by atomic mass is 35.5. The maximum Gasteiger partial charge on any atom is 0.325 e. The van der Waals surface area contributed by atoms with Crippen LogP contribution in [0.4, 0.5) is 0 Å². The van der Waals surface area contributed by atoms with E-state index in [1.807, 2.05) is 30.3 Å². The lowest BCUT2D eigenvalue weighted by atomic mass is 9.93. The molecule has 6 rings (SSSR count). The van der Waals surface area contributed by atoms with E-state index in [2.05, 4.69) is 47.3 Å². The second kappa shape index (κ2) is 18.7. The summed E-state index contributed by atoms with van der Waals surface area (Å²) in [4.78, 5) is 18.6. The topological polar surface area (TPSA) is 137 Å². The SMILES string of the molecule is Cc1c(COc2cc(OCc3cncc(C#N)c3)c(CNC(C(=O)O)c3ccccc3)cc2Cl)cccc1-c1cccc(OCCCN2CC[C@@H](O)C2)c1C. The minimum Gasteiger partial charge on any atom is -0.493 e. The molecule has 4 aromatic carbocycles. The van der Waals surface area contributed by atoms with E-state index in [0.717, 1.165) is 66.0 Å². The third-order valence-electron chi connectivity index (χ3n) is 9.84. The Labute approximate surface area is 326 Å². The van der Waals surface area contributed by atoms with Crippen molar-refractivity contribution in [2.75, 3.05) is 26.2 Å². The number of aromatic nitrogens is 1. The number of nitriles is 1. The fourth-order valence-electron chi connectivity index (χ4n) is 6.79. The zero-order valence-electron chi connectivity index (χ0n) is 31.0. The number of carbonyl (C=O) groups is 1. The number of benzene rings is 4. The highest BCUT2D eigenvalue weighted by Crippen LogP contribution is 2.36. The first-order valence-corrected chi connectivity index (χ1v) is 18.7. The molecule has 5 aromatic rings. The van der Waals surface area contributed by atoms with Gasteiger partial charge >= 0.3 is 5.97 Å². The minimum absolute atomic E-state index is 0.115. The van der Waals surface area contributed by atoms with Crippen LogP contribution in [0.25, 0.3) is 11.1 Å². The van der Waals surface area contributed by atoms with Crippen molar-refractivity contribution < 1.29 is 29.2 Å². The zero-order valence-corrected chi connectivity index (χ0v) is 31.8. The molecule has 1 saturated heterocycles. The third-order valence-corrected chi connectivity index (χ3v) is 10.1. The number of pyridine rings is 1. The molecule has 0 radical (unpaired) electrons. The van der Waals surface area contributed by atoms with E-state index in [1.54, 1.807) is 48.7 Å². The van der Waals surface area contributed by atoms with Gasteiger partial charge < -0.3 is 29.3 Å². The van der Waals surface area contributed by atoms with Crippen LogP contribution in [0.2, 0.25) is 5.02 Å². The minimum atomic E-state index is -1.01. The molecule has 10 nitrogen and oxygen atoms in total. The number of ether oxygens (including phenoxy) is 3. The van der Waals surface area contributed by atoms with Crippen LogP contribution in [-0.4, -0.2) is 58.4 Å². The normalized spacial score (nSPS) is 14.6. The number of nitrogens with zero attached hydrogens (tertiary/aromatic N) is 3. The average Bonchev–Trinajstić information content (AvgIpc) is 3.61. The molecule has 1 aromatic heterocycles. The Bertz CT molecular complexity index is 2140. The molecule has 284 valence electrons. The monoisotopic (exact) mass is 760 g/mol. The number of β-amino-alcohol motifs (C(OH)–C–C–N with tert-alkyl or cyclic N) is 1. The Balaban J connectivity index is 1.18. The second-order valence-corrected chi connectivity index (χ2v) is 14.1. The Hall–Kier alpha value is -5.44. The zero-order chi connectivity index (χ0) is 38.7. The number of carboxylic acids is 1. The first kappa shape index (κ1) is 39.3. The van der Waals surface area contributed by atoms with E-state index in [-0.39, 0.29) is 25.9 Å². The van der Waals surface area contributed by atoms with E-state index in [1.165, 1.54) is 6.20 Å². The molecule has 0 spiro atoms. The van der Waals surface area contributed by atoms with Gasteiger partial charge in [-0.3, -0.25) is 15.1 Å². The molecule has 1 unspecified atom stereocenters. The fraction of sp³-hybridized carbons (Fsp3) is 0.295. The number of aliphatic hydroxyl groups is 1. The Kier molecular flexibility index (Phi) is 13.4. The number of rotatable bonds is 17. The van der Waals surface area contributed by atoms with Crippen LogP contribution < -0.4 is 19.5 Å². The molecule has 0 aliphatic carbocycles. The summed E-state index contributed by atoms with van der Waals surface area (Å²) in [6.07, 6.45) is 4.62. The van der Waals surface area contributed by atoms with Crippen LogP contribution in [0.3, 0.4) is 0 Å². The largest absolute Gasteiger partial charge is 0.493 e. The molecule has 2 heterocycles. The number of aliphatic hydroxyl groups excluding tert-OH is 1. The number of hydrogen-bond donors (Lipinski definition) is 3. The first-order chi connectivity index (χ1) is 26.7. The average molecular weight is 761 g/mol. The van der Waals surface area contributed by atoms with Gasteiger partial charge in [0.25, 0.3) is 0 Å². The van der Waals surface area contributed by atoms with Gasteiger partial charge in [0, 0.05) is 55.8 Å². The van der Waals surface area contributed by atoms with Crippen LogP contribution in [0.5, 0.6) is 17.2 Å². The highest BCUT2D eigenvalue weighted by molar-refractivity contribution is 6.32. The van der Waals surface area contributed by atoms with Crippen molar-refractivity contribution in [1.82, 2.24) is 15.2 Å². The molecule has 2 atom stereocenters. The van der Waals surface area contributed by atoms with Crippen LogP contribution in [0, 0.1) is 25.2 Å². The highest BCUT2D eigenvalue weighted by Gasteiger charge is 2.22. The van der Waals surface area contributed by atoms with Gasteiger partial charge in [0.1, 0.15) is 42.6 Å². The van der Waals surface area contributed by atoms with Gasteiger partial charge in [0.15, 0.2) is 0 Å². The fourth-order valence-corrected chi connectivity index (χ4v) is 7.03. The van der Waals surface area contributed by atoms with E-state index in [9.17, 15) is 20.3 Å². The van der Waals surface area contributed by atoms with Crippen molar-refractivity contribution in [3.8, 4) is 34.4 Å². The van der Waals surface area contributed by atoms with E-state index in [4.69, 9.17) is 25.8 Å². The lowest BCUT2D eigenvalue weighted by Gasteiger charge is -2.20. The van der Waals surface area contributed by atoms with Gasteiger partial charge in [-0.2, -0.15) is 5.26 Å². The first-order valence-electron chi connectivity index (χ1n) is 18.3. The van der Waals surface area contributed by atoms with Crippen molar-refractivity contribution >= 4 is 17.6 Å². The molecule has 0 amide bonds. The predicted molar refractivity (Wildman–Crippen MR) is 211 cm³/mol. The van der Waals surface area contributed by atoms with Gasteiger partial charge in [-0.05, 0) is 78.3 Å². The summed E-state index contributed by atoms with van der Waals surface area (Å²) in [6.45, 7) is 7.81. The van der Waals surface area contributed by atoms with Crippen molar-refractivity contribution in [3.63, 3.8) is 0 Å². The summed E-state index contributed by atoms with van der Waals surface area (Å²) in [5, 5.41) is 32.6. The van der Waals surface area contributed by atoms with E-state index < -0.39 is 12.0 Å². The van der Waals surface area contributed by atoms with Crippen molar-refractivity contribution in [3.05, 3.63) is 141 Å². The Morgan fingerprint density at radius 1 is 0.927 bits per heavy atom. The number of hydrogen-bond acceptors (Lipinski definition) is 9. The van der Waals surface area contributed by atoms with Crippen LogP contribution in [-0.2, 0) is 24.6 Å². The predicted octanol–water partition coefficient (Wildman–Crippen LogP) is 7.80. The van der Waals surface area contributed by atoms with Crippen LogP contribution in [0.1, 0.15) is 57.8 Å². The van der Waals surface area contributed by atoms with E-state index >= 15 is 0 Å². The molecule has 3 N–H and O–H groups in total. The standard InChI is InChI=1S/C44H45ClN4O6/c1-29-34(11-6-12-37(29)38-13-7-14-40(30(38)2)53-18-8-16-49-17-15-36(50)26-49)28-55-42-21-41(54-27-32-19-31(22-46)23-47-24-32)35(20-39(42)45)25-48-43(44(51)52)33-9-4-3-5-10-33/h3-7,9-14,19-21,23-24,36,43,48,50H,8,15-18,25-28H2,1-2H3,(H,51,52)/t36-,43?/m1/s1. The summed E-state index contributed by atoms with van der Waals surface area (Å²) in [5.74, 6) is 0.688. The molecular weight excluding hydrogens is 716 g/mol. The molecule has 1 aliphatic heterocycles. The Morgan fingerprint density at radius 2 is 1.69 bits per heavy atom. The molecule has 0 saturated carbocycles. The van der Waals surface area contributed by atoms with Crippen LogP contribution in [0.15, 0.2) is 97.3 Å². The van der Waals surface area contributed by atoms with Crippen LogP contribution >= 0.6 is 11.6 Å². The van der Waals surface area contributed by atoms with Crippen molar-refractivity contribution in [2.45, 2.75) is 58.6 Å². The number of carboxylic acid groups (broad SMARTS) is 1. The molecule has 1 fully saturated rings. The summed E-state index contributed by atoms with van der Waals surface area (Å²) in [5.41, 5.74) is 7.62. The molecular formula is C44H45ClN4O6. The third kappa shape index (κ3) is 10.2. The van der Waals surface area contributed by atoms with Gasteiger partial charge in [-0.1, -0.05) is 72.3 Å². The summed E-state index contributed by atoms with van der Waals surface area (Å²) in [6, 6.07) is 27.5. The number of nitrogens with one attached hydrogen (secondary N) is 1. The summed E-state index contributed by atoms with van der Waals surface area (Å²) >= 11 is 6.82. The second-order valence-electron chi connectivity index (χ2n) is 13.7. The molecule has 11 heteroatoms. The van der Waals surface area contributed by atoms with Gasteiger partial charge in [0.2, 0.25) is 0 Å². The maximum atomic E-state index is 12.2. The smallest absolute Gasteiger partial charge is 0.325 e. The lowest BCUT2D eigenvalue weighted by molar-refractivity contribution is -0.139. The Morgan fingerprint density at radius 3 is 2.44 bits per heavy atom. The molecule has 0 bridgehead atoms. The molecule has 55 heavy (non-hydrogen) atoms. The van der Waals surface area contributed by atoms with Crippen molar-refractivity contribution in [2.24, 2.45) is 0 Å². The number of aliphatic carboxylic acids is 1. The van der Waals surface area contributed by atoms with Gasteiger partial charge in [0.05, 0.1) is 23.3 Å². The van der Waals surface area contributed by atoms with Gasteiger partial charge in [-0.25, -0.2) is 0 Å². The number of halogens is 1.